The van der Waals surface area contributed by atoms with Crippen molar-refractivity contribution >= 4 is 5.91 Å². The van der Waals surface area contributed by atoms with Gasteiger partial charge in [-0.2, -0.15) is 13.2 Å². The van der Waals surface area contributed by atoms with Crippen LogP contribution in [0.15, 0.2) is 35.1 Å². The van der Waals surface area contributed by atoms with Crippen molar-refractivity contribution in [1.82, 2.24) is 10.3 Å². The molecule has 0 bridgehead atoms. The van der Waals surface area contributed by atoms with E-state index in [4.69, 9.17) is 4.42 Å². The number of halogens is 3. The minimum absolute atomic E-state index is 0.233. The van der Waals surface area contributed by atoms with Crippen molar-refractivity contribution in [3.05, 3.63) is 53.2 Å². The Bertz CT molecular complexity index is 705. The molecule has 2 aromatic rings. The van der Waals surface area contributed by atoms with Crippen LogP contribution in [0.4, 0.5) is 13.2 Å². The zero-order valence-corrected chi connectivity index (χ0v) is 12.2. The molecule has 7 heteroatoms. The molecule has 0 atom stereocenters. The summed E-state index contributed by atoms with van der Waals surface area (Å²) in [6.07, 6.45) is -0.833. The predicted molar refractivity (Wildman–Crippen MR) is 76.0 cm³/mol. The molecule has 1 aliphatic rings. The quantitative estimate of drug-likeness (QED) is 0.915. The molecule has 0 unspecified atom stereocenters. The zero-order chi connectivity index (χ0) is 16.4. The molecule has 122 valence electrons. The summed E-state index contributed by atoms with van der Waals surface area (Å²) in [6.45, 7) is 0.233. The van der Waals surface area contributed by atoms with E-state index in [1.54, 1.807) is 6.07 Å². The molecule has 1 saturated carbocycles. The lowest BCUT2D eigenvalue weighted by Gasteiger charge is -2.09. The van der Waals surface area contributed by atoms with Gasteiger partial charge in [-0.25, -0.2) is 4.98 Å². The number of amides is 1. The Labute approximate surface area is 130 Å². The Hall–Kier alpha value is -2.31. The van der Waals surface area contributed by atoms with E-state index >= 15 is 0 Å². The fourth-order valence-corrected chi connectivity index (χ4v) is 2.37. The molecule has 0 spiro atoms. The number of alkyl halides is 3. The molecular formula is C16H15F3N2O2. The molecule has 0 aliphatic heterocycles. The Balaban J connectivity index is 1.57. The first-order chi connectivity index (χ1) is 10.9. The molecule has 1 fully saturated rings. The fourth-order valence-electron chi connectivity index (χ4n) is 2.37. The maximum absolute atomic E-state index is 12.6. The van der Waals surface area contributed by atoms with Gasteiger partial charge in [-0.3, -0.25) is 4.79 Å². The minimum Gasteiger partial charge on any atom is -0.447 e. The topological polar surface area (TPSA) is 55.1 Å². The van der Waals surface area contributed by atoms with Gasteiger partial charge in [-0.15, -0.1) is 0 Å². The van der Waals surface area contributed by atoms with Gasteiger partial charge in [-0.05, 0) is 30.9 Å². The van der Waals surface area contributed by atoms with E-state index in [0.717, 1.165) is 25.0 Å². The van der Waals surface area contributed by atoms with E-state index in [1.807, 2.05) is 0 Å². The molecule has 1 aromatic carbocycles. The van der Waals surface area contributed by atoms with Gasteiger partial charge in [0, 0.05) is 12.5 Å². The van der Waals surface area contributed by atoms with Gasteiger partial charge >= 0.3 is 6.18 Å². The van der Waals surface area contributed by atoms with Crippen LogP contribution in [-0.2, 0) is 12.6 Å². The lowest BCUT2D eigenvalue weighted by Crippen LogP contribution is -2.26. The summed E-state index contributed by atoms with van der Waals surface area (Å²) in [5.74, 6) is 0.510. The van der Waals surface area contributed by atoms with Crippen LogP contribution in [0.5, 0.6) is 0 Å². The lowest BCUT2D eigenvalue weighted by molar-refractivity contribution is -0.137. The average molecular weight is 324 g/mol. The van der Waals surface area contributed by atoms with Crippen LogP contribution in [-0.4, -0.2) is 17.4 Å². The number of aromatic nitrogens is 1. The van der Waals surface area contributed by atoms with Gasteiger partial charge in [0.15, 0.2) is 12.1 Å². The molecule has 4 nitrogen and oxygen atoms in total. The van der Waals surface area contributed by atoms with Gasteiger partial charge < -0.3 is 9.73 Å². The summed E-state index contributed by atoms with van der Waals surface area (Å²) in [5, 5.41) is 2.67. The smallest absolute Gasteiger partial charge is 0.416 e. The number of hydrogen-bond acceptors (Lipinski definition) is 3. The summed E-state index contributed by atoms with van der Waals surface area (Å²) >= 11 is 0. The number of oxazole rings is 1. The summed E-state index contributed by atoms with van der Waals surface area (Å²) in [4.78, 5) is 16.0. The Morgan fingerprint density at radius 1 is 1.35 bits per heavy atom. The Kier molecular flexibility index (Phi) is 4.11. The third-order valence-electron chi connectivity index (χ3n) is 3.71. The second-order valence-corrected chi connectivity index (χ2v) is 5.54. The number of carbonyl (C=O) groups excluding carboxylic acids is 1. The standard InChI is InChI=1S/C16H15F3N2O2/c17-16(18,19)12-3-1-2-10(8-12)6-7-20-15(22)13-14(11-4-5-11)23-9-21-13/h1-3,8-9,11H,4-7H2,(H,20,22). The van der Waals surface area contributed by atoms with Crippen LogP contribution in [0.1, 0.15) is 46.1 Å². The van der Waals surface area contributed by atoms with Gasteiger partial charge in [0.25, 0.3) is 5.91 Å². The summed E-state index contributed by atoms with van der Waals surface area (Å²) in [6, 6.07) is 5.09. The molecule has 1 heterocycles. The highest BCUT2D eigenvalue weighted by Crippen LogP contribution is 2.41. The molecule has 1 aromatic heterocycles. The number of nitrogens with one attached hydrogen (secondary N) is 1. The van der Waals surface area contributed by atoms with E-state index < -0.39 is 11.7 Å². The van der Waals surface area contributed by atoms with E-state index in [0.29, 0.717) is 17.7 Å². The predicted octanol–water partition coefficient (Wildman–Crippen LogP) is 3.54. The molecule has 1 N–H and O–H groups in total. The number of rotatable bonds is 5. The van der Waals surface area contributed by atoms with Crippen LogP contribution in [0, 0.1) is 0 Å². The largest absolute Gasteiger partial charge is 0.447 e. The van der Waals surface area contributed by atoms with Crippen LogP contribution < -0.4 is 5.32 Å². The SMILES string of the molecule is O=C(NCCc1cccc(C(F)(F)F)c1)c1ncoc1C1CC1. The van der Waals surface area contributed by atoms with Crippen molar-refractivity contribution in [3.63, 3.8) is 0 Å². The van der Waals surface area contributed by atoms with Gasteiger partial charge in [0.1, 0.15) is 5.76 Å². The third kappa shape index (κ3) is 3.72. The Morgan fingerprint density at radius 2 is 2.13 bits per heavy atom. The normalized spacial score (nSPS) is 14.7. The minimum atomic E-state index is -4.36. The monoisotopic (exact) mass is 324 g/mol. The van der Waals surface area contributed by atoms with Crippen molar-refractivity contribution < 1.29 is 22.4 Å². The van der Waals surface area contributed by atoms with Crippen LogP contribution in [0.25, 0.3) is 0 Å². The highest BCUT2D eigenvalue weighted by Gasteiger charge is 2.32. The first kappa shape index (κ1) is 15.6. The molecule has 1 amide bonds. The average Bonchev–Trinajstić information content (AvgIpc) is 3.23. The van der Waals surface area contributed by atoms with E-state index in [1.165, 1.54) is 12.5 Å². The highest BCUT2D eigenvalue weighted by atomic mass is 19.4. The van der Waals surface area contributed by atoms with Crippen LogP contribution in [0.2, 0.25) is 0 Å². The fraction of sp³-hybridized carbons (Fsp3) is 0.375. The summed E-state index contributed by atoms with van der Waals surface area (Å²) < 4.78 is 43.2. The molecule has 3 rings (SSSR count). The van der Waals surface area contributed by atoms with Gasteiger partial charge in [0.05, 0.1) is 5.56 Å². The molecule has 23 heavy (non-hydrogen) atoms. The zero-order valence-electron chi connectivity index (χ0n) is 12.2. The van der Waals surface area contributed by atoms with E-state index in [2.05, 4.69) is 10.3 Å². The molecule has 1 aliphatic carbocycles. The first-order valence-electron chi connectivity index (χ1n) is 7.33. The number of carbonyl (C=O) groups is 1. The molecule has 0 saturated heterocycles. The van der Waals surface area contributed by atoms with Crippen molar-refractivity contribution in [1.29, 1.82) is 0 Å². The second-order valence-electron chi connectivity index (χ2n) is 5.54. The maximum Gasteiger partial charge on any atom is 0.416 e. The van der Waals surface area contributed by atoms with E-state index in [-0.39, 0.29) is 24.1 Å². The molecule has 0 radical (unpaired) electrons. The van der Waals surface area contributed by atoms with Crippen molar-refractivity contribution in [2.24, 2.45) is 0 Å². The number of benzene rings is 1. The summed E-state index contributed by atoms with van der Waals surface area (Å²) in [5.41, 5.74) is 0.105. The second kappa shape index (κ2) is 6.06. The van der Waals surface area contributed by atoms with Gasteiger partial charge in [-0.1, -0.05) is 18.2 Å². The van der Waals surface area contributed by atoms with Crippen molar-refractivity contribution in [2.75, 3.05) is 6.54 Å². The maximum atomic E-state index is 12.6. The third-order valence-corrected chi connectivity index (χ3v) is 3.71. The van der Waals surface area contributed by atoms with Crippen molar-refractivity contribution in [2.45, 2.75) is 31.4 Å². The first-order valence-corrected chi connectivity index (χ1v) is 7.33. The Morgan fingerprint density at radius 3 is 2.83 bits per heavy atom. The molecular weight excluding hydrogens is 309 g/mol. The summed E-state index contributed by atoms with van der Waals surface area (Å²) in [7, 11) is 0. The van der Waals surface area contributed by atoms with Gasteiger partial charge in [0.2, 0.25) is 0 Å². The van der Waals surface area contributed by atoms with Crippen molar-refractivity contribution in [3.8, 4) is 0 Å². The highest BCUT2D eigenvalue weighted by molar-refractivity contribution is 5.93. The van der Waals surface area contributed by atoms with Crippen LogP contribution >= 0.6 is 0 Å². The van der Waals surface area contributed by atoms with Crippen LogP contribution in [0.3, 0.4) is 0 Å². The number of hydrogen-bond donors (Lipinski definition) is 1. The van der Waals surface area contributed by atoms with E-state index in [9.17, 15) is 18.0 Å². The number of nitrogens with zero attached hydrogens (tertiary/aromatic N) is 1. The lowest BCUT2D eigenvalue weighted by atomic mass is 10.1.